The molecule has 32 heavy (non-hydrogen) atoms. The molecule has 1 amide bonds. The van der Waals surface area contributed by atoms with Gasteiger partial charge in [-0.25, -0.2) is 13.2 Å². The summed E-state index contributed by atoms with van der Waals surface area (Å²) in [4.78, 5) is 24.0. The van der Waals surface area contributed by atoms with E-state index in [1.165, 1.54) is 7.11 Å². The summed E-state index contributed by atoms with van der Waals surface area (Å²) >= 11 is 5.57. The molecule has 1 aromatic rings. The van der Waals surface area contributed by atoms with Crippen LogP contribution >= 0.6 is 11.6 Å². The number of hydrogen-bond acceptors (Lipinski definition) is 5. The molecule has 1 N–H and O–H groups in total. The van der Waals surface area contributed by atoms with Gasteiger partial charge in [0, 0.05) is 19.0 Å². The summed E-state index contributed by atoms with van der Waals surface area (Å²) in [6, 6.07) is 1.64. The zero-order valence-corrected chi connectivity index (χ0v) is 19.5. The number of benzene rings is 1. The molecule has 0 unspecified atom stereocenters. The van der Waals surface area contributed by atoms with Crippen LogP contribution in [0.3, 0.4) is 0 Å². The first kappa shape index (κ1) is 26.4. The predicted octanol–water partition coefficient (Wildman–Crippen LogP) is 3.46. The molecule has 180 valence electrons. The fourth-order valence-corrected chi connectivity index (χ4v) is 5.23. The van der Waals surface area contributed by atoms with Crippen LogP contribution in [0.4, 0.5) is 13.2 Å². The normalized spacial score (nSPS) is 17.2. The second-order valence-electron chi connectivity index (χ2n) is 8.03. The minimum atomic E-state index is -4.79. The lowest BCUT2D eigenvalue weighted by Gasteiger charge is -2.31. The minimum Gasteiger partial charge on any atom is -0.467 e. The molecule has 0 aliphatic carbocycles. The monoisotopic (exact) mass is 498 g/mol. The Bertz CT molecular complexity index is 945. The summed E-state index contributed by atoms with van der Waals surface area (Å²) in [5.74, 6) is -1.34. The number of rotatable bonds is 7. The zero-order chi connectivity index (χ0) is 24.3. The number of piperidine rings is 1. The van der Waals surface area contributed by atoms with Crippen LogP contribution in [-0.4, -0.2) is 50.8 Å². The number of methoxy groups -OCH3 is 1. The Morgan fingerprint density at radius 3 is 2.34 bits per heavy atom. The SMILES string of the molecule is COC(=O)[C@@H](CC(C)C)NC(=O)C1CCN(S(=O)(=O)c2ccc(Cl)c(C(F)(F)F)c2)CC1. The highest BCUT2D eigenvalue weighted by molar-refractivity contribution is 7.89. The van der Waals surface area contributed by atoms with Gasteiger partial charge in [-0.15, -0.1) is 0 Å². The zero-order valence-electron chi connectivity index (χ0n) is 17.9. The first-order valence-corrected chi connectivity index (χ1v) is 11.8. The van der Waals surface area contributed by atoms with Crippen molar-refractivity contribution in [3.63, 3.8) is 0 Å². The topological polar surface area (TPSA) is 92.8 Å². The van der Waals surface area contributed by atoms with E-state index in [2.05, 4.69) is 5.32 Å². The highest BCUT2D eigenvalue weighted by atomic mass is 35.5. The van der Waals surface area contributed by atoms with Gasteiger partial charge in [0.05, 0.1) is 22.6 Å². The van der Waals surface area contributed by atoms with E-state index in [4.69, 9.17) is 16.3 Å². The number of alkyl halides is 3. The van der Waals surface area contributed by atoms with Crippen molar-refractivity contribution in [2.75, 3.05) is 20.2 Å². The number of carbonyl (C=O) groups excluding carboxylic acids is 2. The average Bonchev–Trinajstić information content (AvgIpc) is 2.71. The van der Waals surface area contributed by atoms with Crippen molar-refractivity contribution in [3.05, 3.63) is 28.8 Å². The highest BCUT2D eigenvalue weighted by Crippen LogP contribution is 2.36. The van der Waals surface area contributed by atoms with Gasteiger partial charge < -0.3 is 10.1 Å². The highest BCUT2D eigenvalue weighted by Gasteiger charge is 2.37. The molecule has 1 saturated heterocycles. The van der Waals surface area contributed by atoms with E-state index < -0.39 is 49.6 Å². The molecule has 0 bridgehead atoms. The number of nitrogens with one attached hydrogen (secondary N) is 1. The molecule has 0 saturated carbocycles. The largest absolute Gasteiger partial charge is 0.467 e. The first-order valence-electron chi connectivity index (χ1n) is 10.0. The molecular formula is C20H26ClF3N2O5S. The van der Waals surface area contributed by atoms with Crippen LogP contribution in [0.5, 0.6) is 0 Å². The van der Waals surface area contributed by atoms with Gasteiger partial charge in [0.25, 0.3) is 0 Å². The van der Waals surface area contributed by atoms with Gasteiger partial charge in [-0.2, -0.15) is 17.5 Å². The molecule has 7 nitrogen and oxygen atoms in total. The van der Waals surface area contributed by atoms with Gasteiger partial charge in [-0.05, 0) is 43.4 Å². The molecular weight excluding hydrogens is 473 g/mol. The smallest absolute Gasteiger partial charge is 0.417 e. The van der Waals surface area contributed by atoms with E-state index in [0.717, 1.165) is 16.4 Å². The lowest BCUT2D eigenvalue weighted by atomic mass is 9.96. The van der Waals surface area contributed by atoms with Gasteiger partial charge in [0.2, 0.25) is 15.9 Å². The maximum absolute atomic E-state index is 13.1. The molecule has 0 spiro atoms. The molecule has 1 aromatic carbocycles. The van der Waals surface area contributed by atoms with Crippen molar-refractivity contribution < 1.29 is 35.9 Å². The summed E-state index contributed by atoms with van der Waals surface area (Å²) in [6.45, 7) is 3.70. The van der Waals surface area contributed by atoms with Crippen LogP contribution in [0.1, 0.15) is 38.7 Å². The maximum Gasteiger partial charge on any atom is 0.417 e. The molecule has 1 aliphatic rings. The van der Waals surface area contributed by atoms with Crippen molar-refractivity contribution in [2.24, 2.45) is 11.8 Å². The third-order valence-electron chi connectivity index (χ3n) is 5.22. The molecule has 0 aromatic heterocycles. The number of amides is 1. The summed E-state index contributed by atoms with van der Waals surface area (Å²) in [7, 11) is -2.97. The molecule has 1 atom stereocenters. The first-order chi connectivity index (χ1) is 14.8. The van der Waals surface area contributed by atoms with E-state index in [1.807, 2.05) is 13.8 Å². The van der Waals surface area contributed by atoms with Gasteiger partial charge >= 0.3 is 12.1 Å². The number of sulfonamides is 1. The summed E-state index contributed by atoms with van der Waals surface area (Å²) in [5, 5.41) is 2.07. The number of nitrogens with zero attached hydrogens (tertiary/aromatic N) is 1. The molecule has 12 heteroatoms. The van der Waals surface area contributed by atoms with Crippen LogP contribution in [0, 0.1) is 11.8 Å². The second kappa shape index (κ2) is 10.4. The Labute approximate surface area is 190 Å². The molecule has 2 rings (SSSR count). The number of esters is 1. The minimum absolute atomic E-state index is 0.0442. The Balaban J connectivity index is 2.08. The second-order valence-corrected chi connectivity index (χ2v) is 10.4. The van der Waals surface area contributed by atoms with Crippen LogP contribution < -0.4 is 5.32 Å². The molecule has 1 heterocycles. The summed E-state index contributed by atoms with van der Waals surface area (Å²) in [6.07, 6.45) is -4.07. The quantitative estimate of drug-likeness (QED) is 0.581. The van der Waals surface area contributed by atoms with Crippen LogP contribution in [0.25, 0.3) is 0 Å². The Morgan fingerprint density at radius 2 is 1.84 bits per heavy atom. The fraction of sp³-hybridized carbons (Fsp3) is 0.600. The standard InChI is InChI=1S/C20H26ClF3N2O5S/c1-12(2)10-17(19(28)31-3)25-18(27)13-6-8-26(9-7-13)32(29,30)14-4-5-16(21)15(11-14)20(22,23)24/h4-5,11-13,17H,6-10H2,1-3H3,(H,25,27)/t17-/m1/s1. The van der Waals surface area contributed by atoms with E-state index in [0.29, 0.717) is 12.5 Å². The van der Waals surface area contributed by atoms with E-state index in [-0.39, 0.29) is 37.8 Å². The lowest BCUT2D eigenvalue weighted by molar-refractivity contribution is -0.146. The van der Waals surface area contributed by atoms with Crippen LogP contribution in [-0.2, 0) is 30.5 Å². The van der Waals surface area contributed by atoms with E-state index >= 15 is 0 Å². The van der Waals surface area contributed by atoms with Gasteiger partial charge in [-0.3, -0.25) is 4.79 Å². The molecule has 1 fully saturated rings. The van der Waals surface area contributed by atoms with Gasteiger partial charge in [0.15, 0.2) is 0 Å². The molecule has 0 radical (unpaired) electrons. The average molecular weight is 499 g/mol. The van der Waals surface area contributed by atoms with E-state index in [1.54, 1.807) is 0 Å². The van der Waals surface area contributed by atoms with Crippen molar-refractivity contribution in [3.8, 4) is 0 Å². The van der Waals surface area contributed by atoms with Crippen molar-refractivity contribution in [1.82, 2.24) is 9.62 Å². The summed E-state index contributed by atoms with van der Waals surface area (Å²) in [5.41, 5.74) is -1.23. The molecule has 1 aliphatic heterocycles. The third-order valence-corrected chi connectivity index (χ3v) is 7.44. The van der Waals surface area contributed by atoms with Gasteiger partial charge in [-0.1, -0.05) is 25.4 Å². The van der Waals surface area contributed by atoms with E-state index in [9.17, 15) is 31.2 Å². The van der Waals surface area contributed by atoms with Crippen LogP contribution in [0.15, 0.2) is 23.1 Å². The Kier molecular flexibility index (Phi) is 8.57. The number of ether oxygens (including phenoxy) is 1. The third kappa shape index (κ3) is 6.35. The Hall–Kier alpha value is -1.85. The van der Waals surface area contributed by atoms with Gasteiger partial charge in [0.1, 0.15) is 6.04 Å². The van der Waals surface area contributed by atoms with Crippen molar-refractivity contribution in [1.29, 1.82) is 0 Å². The summed E-state index contributed by atoms with van der Waals surface area (Å²) < 4.78 is 70.7. The number of carbonyl (C=O) groups is 2. The lowest BCUT2D eigenvalue weighted by Crippen LogP contribution is -2.48. The number of halogens is 4. The fourth-order valence-electron chi connectivity index (χ4n) is 3.51. The van der Waals surface area contributed by atoms with Crippen LogP contribution in [0.2, 0.25) is 5.02 Å². The predicted molar refractivity (Wildman–Crippen MR) is 111 cm³/mol. The number of hydrogen-bond donors (Lipinski definition) is 1. The maximum atomic E-state index is 13.1. The van der Waals surface area contributed by atoms with Crippen molar-refractivity contribution in [2.45, 2.75) is 50.2 Å². The van der Waals surface area contributed by atoms with Crippen molar-refractivity contribution >= 4 is 33.5 Å². The Morgan fingerprint density at radius 1 is 1.25 bits per heavy atom.